The summed E-state index contributed by atoms with van der Waals surface area (Å²) in [6.07, 6.45) is 2.65. The standard InChI is InChI=1S/C29H36N8O10S2/c1-27(2)21(24(39)37(27)47-49(42,43)44)35-23(38)20(17-13-48-26(31)34-17)36-46-28(3,25(40)41)19-7-5-14-10-15(4-6-18(14)45-19)22(30)33-16-11-29(12-16)8-9-32-29/h4,6,10,13,16,19,21,32H,5,7-9,11-12H2,1-3H3,(H2,30,33)(H2,31,34)(H,35,38)(H,40,41)(H,42,43,44). The number of aryl methyl sites for hydroxylation is 1. The predicted octanol–water partition coefficient (Wildman–Crippen LogP) is 0.333. The van der Waals surface area contributed by atoms with Crippen molar-refractivity contribution in [3.05, 3.63) is 40.4 Å². The Labute approximate surface area is 284 Å². The molecule has 4 aliphatic rings. The highest BCUT2D eigenvalue weighted by molar-refractivity contribution is 7.80. The van der Waals surface area contributed by atoms with Gasteiger partial charge in [0.2, 0.25) is 0 Å². The highest BCUT2D eigenvalue weighted by atomic mass is 32.3. The molecule has 3 aliphatic heterocycles. The second-order valence-electron chi connectivity index (χ2n) is 13.3. The lowest BCUT2D eigenvalue weighted by Crippen LogP contribution is -2.76. The lowest BCUT2D eigenvalue weighted by atomic mass is 9.66. The molecule has 1 aromatic heterocycles. The van der Waals surface area contributed by atoms with Crippen LogP contribution in [0.5, 0.6) is 5.75 Å². The summed E-state index contributed by atoms with van der Waals surface area (Å²) in [6.45, 7) is 5.03. The van der Waals surface area contributed by atoms with Gasteiger partial charge in [0.05, 0.1) is 5.54 Å². The third kappa shape index (κ3) is 6.53. The molecule has 20 heteroatoms. The van der Waals surface area contributed by atoms with Crippen LogP contribution >= 0.6 is 11.3 Å². The van der Waals surface area contributed by atoms with Gasteiger partial charge in [-0.05, 0) is 83.2 Å². The number of ether oxygens (including phenoxy) is 1. The molecular formula is C29H36N8O10S2. The number of nitrogens with one attached hydrogen (secondary N) is 4. The van der Waals surface area contributed by atoms with Gasteiger partial charge in [-0.25, -0.2) is 9.78 Å². The Morgan fingerprint density at radius 3 is 2.59 bits per heavy atom. The summed E-state index contributed by atoms with van der Waals surface area (Å²) in [5, 5.41) is 33.7. The number of thiazole rings is 1. The van der Waals surface area contributed by atoms with Gasteiger partial charge in [0.1, 0.15) is 23.3 Å². The fraction of sp³-hybridized carbons (Fsp3) is 0.517. The van der Waals surface area contributed by atoms with Gasteiger partial charge in [0.25, 0.3) is 17.4 Å². The van der Waals surface area contributed by atoms with Crippen molar-refractivity contribution in [1.29, 1.82) is 5.41 Å². The van der Waals surface area contributed by atoms with Crippen LogP contribution in [0.1, 0.15) is 63.3 Å². The van der Waals surface area contributed by atoms with Crippen LogP contribution in [0.4, 0.5) is 5.13 Å². The molecule has 2 amide bonds. The van der Waals surface area contributed by atoms with Crippen molar-refractivity contribution in [2.75, 3.05) is 12.3 Å². The van der Waals surface area contributed by atoms with E-state index >= 15 is 0 Å². The Kier molecular flexibility index (Phi) is 8.58. The Bertz CT molecular complexity index is 1850. The van der Waals surface area contributed by atoms with E-state index < -0.39 is 57.2 Å². The summed E-state index contributed by atoms with van der Waals surface area (Å²) < 4.78 is 41.7. The predicted molar refractivity (Wildman–Crippen MR) is 173 cm³/mol. The highest BCUT2D eigenvalue weighted by Gasteiger charge is 2.58. The minimum absolute atomic E-state index is 0.0612. The maximum absolute atomic E-state index is 13.5. The number of carboxylic acids is 1. The second kappa shape index (κ2) is 12.2. The van der Waals surface area contributed by atoms with Crippen LogP contribution in [0.2, 0.25) is 0 Å². The van der Waals surface area contributed by atoms with Crippen molar-refractivity contribution in [2.24, 2.45) is 5.16 Å². The first-order valence-corrected chi connectivity index (χ1v) is 17.6. The van der Waals surface area contributed by atoms with Crippen LogP contribution in [-0.2, 0) is 40.3 Å². The normalized spacial score (nSPS) is 26.9. The average molecular weight is 721 g/mol. The molecule has 1 aromatic carbocycles. The Morgan fingerprint density at radius 2 is 2.02 bits per heavy atom. The van der Waals surface area contributed by atoms with E-state index in [2.05, 4.69) is 30.4 Å². The number of fused-ring (bicyclic) bond motifs is 1. The SMILES string of the molecule is CC(ON=C(C(=O)NC1C(=O)N(OS(=O)(=O)O)C1(C)C)c1csc(N)n1)(C(=O)O)C1CCc2cc(C(=N)NC3CC4(CCN4)C3)ccc2O1. The molecule has 2 aromatic rings. The summed E-state index contributed by atoms with van der Waals surface area (Å²) in [4.78, 5) is 48.3. The van der Waals surface area contributed by atoms with Crippen molar-refractivity contribution < 1.29 is 46.3 Å². The molecule has 49 heavy (non-hydrogen) atoms. The van der Waals surface area contributed by atoms with Crippen LogP contribution in [0.25, 0.3) is 0 Å². The van der Waals surface area contributed by atoms with Gasteiger partial charge in [-0.1, -0.05) is 5.16 Å². The first-order chi connectivity index (χ1) is 22.9. The number of nitrogens with zero attached hydrogens (tertiary/aromatic N) is 3. The molecule has 0 radical (unpaired) electrons. The van der Waals surface area contributed by atoms with Crippen LogP contribution in [0.3, 0.4) is 0 Å². The number of hydrogen-bond donors (Lipinski definition) is 7. The maximum Gasteiger partial charge on any atom is 0.418 e. The zero-order valence-corrected chi connectivity index (χ0v) is 28.3. The smallest absolute Gasteiger partial charge is 0.418 e. The number of hydroxylamine groups is 2. The van der Waals surface area contributed by atoms with E-state index in [0.717, 1.165) is 42.7 Å². The largest absolute Gasteiger partial charge is 0.485 e. The third-order valence-corrected chi connectivity index (χ3v) is 10.5. The number of hydrogen-bond acceptors (Lipinski definition) is 14. The molecule has 1 aliphatic carbocycles. The van der Waals surface area contributed by atoms with Gasteiger partial charge in [-0.15, -0.1) is 15.6 Å². The molecule has 1 spiro atoms. The monoisotopic (exact) mass is 720 g/mol. The molecule has 18 nitrogen and oxygen atoms in total. The van der Waals surface area contributed by atoms with Gasteiger partial charge in [-0.3, -0.25) is 19.6 Å². The molecule has 8 N–H and O–H groups in total. The summed E-state index contributed by atoms with van der Waals surface area (Å²) in [6, 6.07) is 4.14. The number of carboxylic acid groups (broad SMARTS) is 1. The van der Waals surface area contributed by atoms with Crippen LogP contribution in [0.15, 0.2) is 28.7 Å². The van der Waals surface area contributed by atoms with Crippen LogP contribution in [-0.4, -0.2) is 98.9 Å². The molecule has 3 fully saturated rings. The number of nitrogen functional groups attached to an aromatic ring is 1. The van der Waals surface area contributed by atoms with Crippen molar-refractivity contribution in [3.8, 4) is 5.75 Å². The number of carbonyl (C=O) groups excluding carboxylic acids is 2. The van der Waals surface area contributed by atoms with Gasteiger partial charge < -0.3 is 36.4 Å². The molecule has 0 bridgehead atoms. The molecule has 264 valence electrons. The lowest BCUT2D eigenvalue weighted by Gasteiger charge is -2.55. The number of aliphatic carboxylic acids is 1. The van der Waals surface area contributed by atoms with Crippen LogP contribution in [0, 0.1) is 5.41 Å². The number of nitrogens with two attached hydrogens (primary N) is 1. The number of amides is 2. The van der Waals surface area contributed by atoms with Crippen molar-refractivity contribution in [2.45, 2.75) is 87.7 Å². The number of carbonyl (C=O) groups is 3. The summed E-state index contributed by atoms with van der Waals surface area (Å²) in [7, 11) is -5.03. The van der Waals surface area contributed by atoms with Gasteiger partial charge in [-0.2, -0.15) is 13.5 Å². The highest BCUT2D eigenvalue weighted by Crippen LogP contribution is 2.40. The molecule has 4 heterocycles. The van der Waals surface area contributed by atoms with E-state index in [1.807, 2.05) is 6.07 Å². The molecule has 1 saturated carbocycles. The topological polar surface area (TPSA) is 268 Å². The second-order valence-corrected chi connectivity index (χ2v) is 15.2. The van der Waals surface area contributed by atoms with E-state index in [4.69, 9.17) is 25.3 Å². The zero-order chi connectivity index (χ0) is 35.5. The van der Waals surface area contributed by atoms with E-state index in [1.54, 1.807) is 12.1 Å². The molecule has 3 atom stereocenters. The molecule has 2 saturated heterocycles. The summed E-state index contributed by atoms with van der Waals surface area (Å²) in [5.74, 6) is -2.72. The fourth-order valence-corrected chi connectivity index (χ4v) is 7.43. The summed E-state index contributed by atoms with van der Waals surface area (Å²) >= 11 is 0.967. The number of benzene rings is 1. The van der Waals surface area contributed by atoms with Gasteiger partial charge in [0, 0.05) is 22.5 Å². The van der Waals surface area contributed by atoms with Gasteiger partial charge in [0.15, 0.2) is 16.9 Å². The average Bonchev–Trinajstić information content (AvgIpc) is 3.43. The molecule has 3 unspecified atom stereocenters. The number of anilines is 1. The first-order valence-electron chi connectivity index (χ1n) is 15.3. The number of rotatable bonds is 11. The van der Waals surface area contributed by atoms with E-state index in [9.17, 15) is 27.9 Å². The number of oxime groups is 1. The Hall–Kier alpha value is -4.37. The molecular weight excluding hydrogens is 684 g/mol. The lowest BCUT2D eigenvalue weighted by molar-refractivity contribution is -0.218. The number of amidine groups is 1. The van der Waals surface area contributed by atoms with E-state index in [1.165, 1.54) is 26.2 Å². The van der Waals surface area contributed by atoms with E-state index in [-0.39, 0.29) is 28.8 Å². The minimum atomic E-state index is -5.03. The van der Waals surface area contributed by atoms with Crippen molar-refractivity contribution >= 4 is 56.2 Å². The number of aromatic nitrogens is 1. The van der Waals surface area contributed by atoms with Crippen molar-refractivity contribution in [1.82, 2.24) is 26.0 Å². The minimum Gasteiger partial charge on any atom is -0.485 e. The van der Waals surface area contributed by atoms with Crippen LogP contribution < -0.4 is 26.4 Å². The fourth-order valence-electron chi connectivity index (χ4n) is 6.43. The Morgan fingerprint density at radius 1 is 1.31 bits per heavy atom. The first kappa shape index (κ1) is 34.5. The molecule has 6 rings (SSSR count). The van der Waals surface area contributed by atoms with Gasteiger partial charge >= 0.3 is 16.4 Å². The number of β-lactam (4-membered cyclic amide) rings is 1. The summed E-state index contributed by atoms with van der Waals surface area (Å²) in [5.41, 5.74) is 3.32. The Balaban J connectivity index is 1.16. The maximum atomic E-state index is 13.5. The third-order valence-electron chi connectivity index (χ3n) is 9.49. The quantitative estimate of drug-likeness (QED) is 0.0542. The zero-order valence-electron chi connectivity index (χ0n) is 26.7. The van der Waals surface area contributed by atoms with Crippen molar-refractivity contribution in [3.63, 3.8) is 0 Å². The van der Waals surface area contributed by atoms with E-state index in [0.29, 0.717) is 28.6 Å².